The molecule has 4 aliphatic carbocycles. The first-order chi connectivity index (χ1) is 13.4. The summed E-state index contributed by atoms with van der Waals surface area (Å²) < 4.78 is 0. The molecule has 5 rings (SSSR count). The summed E-state index contributed by atoms with van der Waals surface area (Å²) in [5.41, 5.74) is 6.42. The molecule has 0 radical (unpaired) electrons. The lowest BCUT2D eigenvalue weighted by molar-refractivity contribution is -0.206. The second-order valence-electron chi connectivity index (χ2n) is 10.8. The summed E-state index contributed by atoms with van der Waals surface area (Å²) in [6, 6.07) is 0.266. The average molecular weight is 391 g/mol. The monoisotopic (exact) mass is 390 g/mol. The Balaban J connectivity index is 1.36. The number of hydrazine groups is 1. The van der Waals surface area contributed by atoms with E-state index < -0.39 is 5.60 Å². The van der Waals surface area contributed by atoms with E-state index in [-0.39, 0.29) is 17.6 Å². The van der Waals surface area contributed by atoms with Crippen LogP contribution in [0.15, 0.2) is 4.99 Å². The third-order valence-electron chi connectivity index (χ3n) is 9.86. The van der Waals surface area contributed by atoms with Gasteiger partial charge in [0, 0.05) is 18.0 Å². The van der Waals surface area contributed by atoms with Crippen molar-refractivity contribution in [3.63, 3.8) is 0 Å². The van der Waals surface area contributed by atoms with Gasteiger partial charge in [-0.05, 0) is 81.0 Å². The molecule has 28 heavy (non-hydrogen) atoms. The first-order valence-corrected chi connectivity index (χ1v) is 11.6. The summed E-state index contributed by atoms with van der Waals surface area (Å²) in [6.45, 7) is 6.52. The summed E-state index contributed by atoms with van der Waals surface area (Å²) in [6.07, 6.45) is 9.42. The molecule has 0 amide bonds. The van der Waals surface area contributed by atoms with Crippen molar-refractivity contribution in [1.82, 2.24) is 16.2 Å². The SMILES string of the molecule is C[C@]12CC[C@H](O)C[C@H]1CC[C@@H]1[C@@H]2CC[C@]2(C)[C@@H](NNC3=NCCN3)CC[C@]12O. The van der Waals surface area contributed by atoms with Crippen LogP contribution in [0.3, 0.4) is 0 Å². The fourth-order valence-corrected chi connectivity index (χ4v) is 8.07. The van der Waals surface area contributed by atoms with Crippen LogP contribution in [0.4, 0.5) is 0 Å². The van der Waals surface area contributed by atoms with E-state index in [1.165, 1.54) is 12.8 Å². The normalized spacial score (nSPS) is 52.9. The van der Waals surface area contributed by atoms with Crippen LogP contribution in [0.2, 0.25) is 0 Å². The Kier molecular flexibility index (Phi) is 4.49. The molecule has 0 unspecified atom stereocenters. The molecule has 5 N–H and O–H groups in total. The highest BCUT2D eigenvalue weighted by Crippen LogP contribution is 2.67. The van der Waals surface area contributed by atoms with Crippen molar-refractivity contribution in [2.45, 2.75) is 89.4 Å². The Labute approximate surface area is 168 Å². The molecule has 5 aliphatic rings. The van der Waals surface area contributed by atoms with Crippen LogP contribution in [0.1, 0.15) is 71.6 Å². The Morgan fingerprint density at radius 1 is 1.04 bits per heavy atom. The van der Waals surface area contributed by atoms with Gasteiger partial charge >= 0.3 is 0 Å². The standard InChI is InChI=1S/C22H38N4O2/c1-20-8-5-15(27)13-14(20)3-4-17-16(20)6-9-21(2)18(7-10-22(17,21)28)25-26-19-23-11-12-24-19/h14-18,25,27-28H,3-13H2,1-2H3,(H2,23,24,26)/t14-,15+,16+,17-,18+,20+,21-,22+/m1/s1. The summed E-state index contributed by atoms with van der Waals surface area (Å²) in [5.74, 6) is 2.47. The number of fused-ring (bicyclic) bond motifs is 5. The predicted molar refractivity (Wildman–Crippen MR) is 110 cm³/mol. The van der Waals surface area contributed by atoms with Gasteiger partial charge in [-0.25, -0.2) is 5.43 Å². The van der Waals surface area contributed by atoms with Crippen LogP contribution < -0.4 is 16.2 Å². The minimum absolute atomic E-state index is 0.0995. The number of nitrogens with zero attached hydrogens (tertiary/aromatic N) is 1. The Bertz CT molecular complexity index is 656. The molecule has 0 aromatic carbocycles. The zero-order chi connectivity index (χ0) is 19.6. The number of rotatable bonds is 2. The van der Waals surface area contributed by atoms with Crippen molar-refractivity contribution in [2.24, 2.45) is 33.6 Å². The van der Waals surface area contributed by atoms with Crippen LogP contribution in [0, 0.1) is 28.6 Å². The number of nitrogens with one attached hydrogen (secondary N) is 3. The summed E-state index contributed by atoms with van der Waals surface area (Å²) >= 11 is 0. The number of hydrogen-bond acceptors (Lipinski definition) is 6. The Morgan fingerprint density at radius 2 is 1.89 bits per heavy atom. The average Bonchev–Trinajstić information content (AvgIpc) is 3.27. The van der Waals surface area contributed by atoms with Gasteiger partial charge in [0.1, 0.15) is 0 Å². The molecule has 1 aliphatic heterocycles. The van der Waals surface area contributed by atoms with Crippen molar-refractivity contribution >= 4 is 5.96 Å². The van der Waals surface area contributed by atoms with Gasteiger partial charge in [0.25, 0.3) is 0 Å². The first-order valence-electron chi connectivity index (χ1n) is 11.6. The second-order valence-corrected chi connectivity index (χ2v) is 10.8. The van der Waals surface area contributed by atoms with Crippen LogP contribution in [-0.4, -0.2) is 47.0 Å². The van der Waals surface area contributed by atoms with E-state index in [4.69, 9.17) is 0 Å². The molecule has 6 nitrogen and oxygen atoms in total. The minimum atomic E-state index is -0.579. The lowest BCUT2D eigenvalue weighted by Crippen LogP contribution is -2.65. The summed E-state index contributed by atoms with van der Waals surface area (Å²) in [4.78, 5) is 4.42. The zero-order valence-electron chi connectivity index (χ0n) is 17.5. The molecular weight excluding hydrogens is 352 g/mol. The van der Waals surface area contributed by atoms with Gasteiger partial charge in [0.2, 0.25) is 5.96 Å². The molecule has 0 spiro atoms. The van der Waals surface area contributed by atoms with Gasteiger partial charge in [-0.15, -0.1) is 0 Å². The predicted octanol–water partition coefficient (Wildman–Crippen LogP) is 1.93. The number of hydrogen-bond donors (Lipinski definition) is 5. The van der Waals surface area contributed by atoms with Crippen LogP contribution in [0.5, 0.6) is 0 Å². The summed E-state index contributed by atoms with van der Waals surface area (Å²) in [5, 5.41) is 25.6. The number of aliphatic imine (C=N–C) groups is 1. The van der Waals surface area contributed by atoms with Crippen LogP contribution >= 0.6 is 0 Å². The first kappa shape index (κ1) is 19.1. The molecule has 0 saturated heterocycles. The molecule has 8 atom stereocenters. The number of aliphatic hydroxyl groups is 2. The topological polar surface area (TPSA) is 88.9 Å². The molecule has 0 aromatic heterocycles. The van der Waals surface area contributed by atoms with Crippen LogP contribution in [0.25, 0.3) is 0 Å². The van der Waals surface area contributed by atoms with Crippen molar-refractivity contribution in [2.75, 3.05) is 13.1 Å². The Morgan fingerprint density at radius 3 is 2.68 bits per heavy atom. The third-order valence-corrected chi connectivity index (χ3v) is 9.86. The quantitative estimate of drug-likeness (QED) is 0.465. The van der Waals surface area contributed by atoms with Gasteiger partial charge in [-0.1, -0.05) is 13.8 Å². The van der Waals surface area contributed by atoms with E-state index >= 15 is 0 Å². The minimum Gasteiger partial charge on any atom is -0.393 e. The molecule has 4 fully saturated rings. The third kappa shape index (κ3) is 2.60. The van der Waals surface area contributed by atoms with E-state index in [0.717, 1.165) is 64.0 Å². The van der Waals surface area contributed by atoms with Crippen molar-refractivity contribution in [3.05, 3.63) is 0 Å². The highest BCUT2D eigenvalue weighted by Gasteiger charge is 2.67. The van der Waals surface area contributed by atoms with Gasteiger partial charge < -0.3 is 15.5 Å². The number of guanidine groups is 1. The van der Waals surface area contributed by atoms with Gasteiger partial charge in [-0.3, -0.25) is 10.4 Å². The maximum absolute atomic E-state index is 12.1. The molecule has 4 saturated carbocycles. The molecular formula is C22H38N4O2. The molecule has 158 valence electrons. The van der Waals surface area contributed by atoms with Gasteiger partial charge in [0.05, 0.1) is 18.2 Å². The fraction of sp³-hybridized carbons (Fsp3) is 0.955. The maximum Gasteiger partial charge on any atom is 0.206 e. The lowest BCUT2D eigenvalue weighted by Gasteiger charge is -2.63. The van der Waals surface area contributed by atoms with Crippen molar-refractivity contribution in [1.29, 1.82) is 0 Å². The van der Waals surface area contributed by atoms with E-state index in [9.17, 15) is 10.2 Å². The highest BCUT2D eigenvalue weighted by molar-refractivity contribution is 5.80. The second kappa shape index (κ2) is 6.58. The molecule has 6 heteroatoms. The van der Waals surface area contributed by atoms with Gasteiger partial charge in [0.15, 0.2) is 0 Å². The largest absolute Gasteiger partial charge is 0.393 e. The zero-order valence-corrected chi connectivity index (χ0v) is 17.5. The lowest BCUT2D eigenvalue weighted by atomic mass is 9.43. The Hall–Kier alpha value is -0.850. The maximum atomic E-state index is 12.1. The smallest absolute Gasteiger partial charge is 0.206 e. The molecule has 0 bridgehead atoms. The van der Waals surface area contributed by atoms with E-state index in [0.29, 0.717) is 23.2 Å². The fourth-order valence-electron chi connectivity index (χ4n) is 8.07. The van der Waals surface area contributed by atoms with Crippen molar-refractivity contribution in [3.8, 4) is 0 Å². The molecule has 0 aromatic rings. The van der Waals surface area contributed by atoms with E-state index in [2.05, 4.69) is 35.0 Å². The van der Waals surface area contributed by atoms with Gasteiger partial charge in [-0.2, -0.15) is 0 Å². The van der Waals surface area contributed by atoms with Crippen molar-refractivity contribution < 1.29 is 10.2 Å². The molecule has 1 heterocycles. The highest BCUT2D eigenvalue weighted by atomic mass is 16.3. The van der Waals surface area contributed by atoms with Crippen LogP contribution in [-0.2, 0) is 0 Å². The van der Waals surface area contributed by atoms with E-state index in [1.54, 1.807) is 0 Å². The summed E-state index contributed by atoms with van der Waals surface area (Å²) in [7, 11) is 0. The van der Waals surface area contributed by atoms with E-state index in [1.807, 2.05) is 0 Å². The number of aliphatic hydroxyl groups excluding tert-OH is 1.